The van der Waals surface area contributed by atoms with Crippen molar-refractivity contribution in [3.8, 4) is 0 Å². The highest BCUT2D eigenvalue weighted by Gasteiger charge is 2.50. The van der Waals surface area contributed by atoms with Crippen LogP contribution in [0, 0.1) is 5.82 Å². The van der Waals surface area contributed by atoms with Crippen molar-refractivity contribution in [1.29, 1.82) is 0 Å². The number of nitrogens with two attached hydrogens (primary N) is 1. The molecule has 3 N–H and O–H groups in total. The Morgan fingerprint density at radius 1 is 1.27 bits per heavy atom. The number of alkyl halides is 2. The summed E-state index contributed by atoms with van der Waals surface area (Å²) in [7, 11) is -5.61. The SMILES string of the molecule is CC[Si](CC)(CC)c1cc(Br)nc([C@]2(C)C[S@](=O)(=NCC(F)(F)CO)C(C)(C)C(N)=N2)c1F. The Kier molecular flexibility index (Phi) is 8.20. The van der Waals surface area contributed by atoms with E-state index in [0.29, 0.717) is 9.79 Å². The molecule has 0 saturated heterocycles. The first-order valence-corrected chi connectivity index (χ1v) is 16.1. The zero-order chi connectivity index (χ0) is 25.5. The minimum atomic E-state index is -3.53. The fourth-order valence-corrected chi connectivity index (χ4v) is 11.1. The molecule has 0 saturated carbocycles. The molecule has 0 unspecified atom stereocenters. The van der Waals surface area contributed by atoms with Crippen molar-refractivity contribution in [3.63, 3.8) is 0 Å². The average molecular weight is 572 g/mol. The first kappa shape index (κ1) is 28.3. The molecule has 0 spiro atoms. The summed E-state index contributed by atoms with van der Waals surface area (Å²) in [6.45, 7) is 8.22. The zero-order valence-corrected chi connectivity index (χ0v) is 23.4. The number of aliphatic hydroxyl groups excluding tert-OH is 1. The Morgan fingerprint density at radius 3 is 2.30 bits per heavy atom. The van der Waals surface area contributed by atoms with Crippen LogP contribution in [0.15, 0.2) is 20.0 Å². The number of rotatable bonds is 8. The van der Waals surface area contributed by atoms with E-state index in [1.807, 2.05) is 0 Å². The quantitative estimate of drug-likeness (QED) is 0.362. The van der Waals surface area contributed by atoms with Gasteiger partial charge in [0.25, 0.3) is 5.92 Å². The minimum Gasteiger partial charge on any atom is -0.390 e. The number of aliphatic imine (C=N–C) groups is 1. The van der Waals surface area contributed by atoms with Gasteiger partial charge in [-0.25, -0.2) is 26.7 Å². The molecule has 0 fully saturated rings. The van der Waals surface area contributed by atoms with Gasteiger partial charge >= 0.3 is 0 Å². The van der Waals surface area contributed by atoms with E-state index in [-0.39, 0.29) is 17.3 Å². The van der Waals surface area contributed by atoms with Crippen LogP contribution in [0.5, 0.6) is 0 Å². The second-order valence-corrected chi connectivity index (χ2v) is 18.2. The molecule has 0 aliphatic carbocycles. The van der Waals surface area contributed by atoms with Gasteiger partial charge in [0, 0.05) is 0 Å². The van der Waals surface area contributed by atoms with Crippen LogP contribution in [-0.2, 0) is 15.3 Å². The maximum Gasteiger partial charge on any atom is 0.290 e. The fraction of sp³-hybridized carbons (Fsp3) is 0.714. The molecule has 1 aliphatic heterocycles. The van der Waals surface area contributed by atoms with Gasteiger partial charge in [-0.05, 0) is 48.0 Å². The molecule has 0 radical (unpaired) electrons. The smallest absolute Gasteiger partial charge is 0.290 e. The van der Waals surface area contributed by atoms with Gasteiger partial charge in [0.1, 0.15) is 45.4 Å². The van der Waals surface area contributed by atoms with Crippen molar-refractivity contribution in [1.82, 2.24) is 4.98 Å². The predicted octanol–water partition coefficient (Wildman–Crippen LogP) is 4.16. The topological polar surface area (TPSA) is 101 Å². The third kappa shape index (κ3) is 5.04. The Morgan fingerprint density at radius 2 is 1.82 bits per heavy atom. The molecule has 2 atom stereocenters. The van der Waals surface area contributed by atoms with Gasteiger partial charge in [-0.2, -0.15) is 0 Å². The largest absolute Gasteiger partial charge is 0.390 e. The maximum absolute atomic E-state index is 16.1. The lowest BCUT2D eigenvalue weighted by atomic mass is 9.98. The third-order valence-corrected chi connectivity index (χ3v) is 16.3. The van der Waals surface area contributed by atoms with E-state index in [0.717, 1.165) is 18.1 Å². The third-order valence-electron chi connectivity index (χ3n) is 7.03. The lowest BCUT2D eigenvalue weighted by molar-refractivity contribution is -0.0401. The molecule has 1 aromatic heterocycles. The first-order chi connectivity index (χ1) is 15.1. The van der Waals surface area contributed by atoms with Crippen molar-refractivity contribution >= 4 is 44.8 Å². The lowest BCUT2D eigenvalue weighted by Crippen LogP contribution is -2.56. The van der Waals surface area contributed by atoms with Crippen LogP contribution < -0.4 is 10.9 Å². The molecule has 0 aromatic carbocycles. The molecule has 1 aliphatic rings. The summed E-state index contributed by atoms with van der Waals surface area (Å²) in [6.07, 6.45) is 0. The number of aliphatic hydroxyl groups is 1. The molecule has 0 amide bonds. The van der Waals surface area contributed by atoms with Gasteiger partial charge in [-0.1, -0.05) is 38.9 Å². The highest BCUT2D eigenvalue weighted by Crippen LogP contribution is 2.39. The summed E-state index contributed by atoms with van der Waals surface area (Å²) in [6, 6.07) is 4.23. The molecule has 2 rings (SSSR count). The Balaban J connectivity index is 2.79. The number of hydrogen-bond acceptors (Lipinski definition) is 6. The molecule has 33 heavy (non-hydrogen) atoms. The Bertz CT molecular complexity index is 1050. The second kappa shape index (κ2) is 9.58. The number of halogens is 4. The van der Waals surface area contributed by atoms with E-state index in [4.69, 9.17) is 10.8 Å². The van der Waals surface area contributed by atoms with Gasteiger partial charge < -0.3 is 10.8 Å². The molecular formula is C21H34BrF3N4O2SSi. The number of amidine groups is 1. The van der Waals surface area contributed by atoms with E-state index in [1.54, 1.807) is 13.0 Å². The van der Waals surface area contributed by atoms with Gasteiger partial charge in [0.05, 0.1) is 23.6 Å². The van der Waals surface area contributed by atoms with Crippen LogP contribution in [0.1, 0.15) is 47.2 Å². The van der Waals surface area contributed by atoms with Crippen molar-refractivity contribution in [2.45, 2.75) is 75.9 Å². The Hall–Kier alpha value is -0.983. The molecule has 12 heteroatoms. The van der Waals surface area contributed by atoms with Gasteiger partial charge in [0.15, 0.2) is 0 Å². The summed E-state index contributed by atoms with van der Waals surface area (Å²) < 4.78 is 60.5. The summed E-state index contributed by atoms with van der Waals surface area (Å²) >= 11 is 3.39. The number of pyridine rings is 1. The van der Waals surface area contributed by atoms with Crippen LogP contribution in [0.2, 0.25) is 18.1 Å². The van der Waals surface area contributed by atoms with Crippen LogP contribution in [0.3, 0.4) is 0 Å². The van der Waals surface area contributed by atoms with Crippen LogP contribution >= 0.6 is 15.9 Å². The van der Waals surface area contributed by atoms with E-state index in [9.17, 15) is 13.0 Å². The molecule has 6 nitrogen and oxygen atoms in total. The monoisotopic (exact) mass is 570 g/mol. The Labute approximate surface area is 204 Å². The zero-order valence-electron chi connectivity index (χ0n) is 20.0. The van der Waals surface area contributed by atoms with E-state index in [2.05, 4.69) is 51.0 Å². The van der Waals surface area contributed by atoms with Crippen LogP contribution in [-0.4, -0.2) is 57.8 Å². The fourth-order valence-electron chi connectivity index (χ4n) is 4.30. The van der Waals surface area contributed by atoms with Crippen LogP contribution in [0.4, 0.5) is 13.2 Å². The second-order valence-electron chi connectivity index (χ2n) is 9.36. The number of aromatic nitrogens is 1. The molecule has 188 valence electrons. The van der Waals surface area contributed by atoms with Crippen molar-refractivity contribution in [3.05, 3.63) is 22.2 Å². The first-order valence-electron chi connectivity index (χ1n) is 11.0. The van der Waals surface area contributed by atoms with Gasteiger partial charge in [-0.3, -0.25) is 4.99 Å². The molecule has 1 aromatic rings. The summed E-state index contributed by atoms with van der Waals surface area (Å²) in [5.41, 5.74) is 4.70. The lowest BCUT2D eigenvalue weighted by Gasteiger charge is -2.41. The summed E-state index contributed by atoms with van der Waals surface area (Å²) in [5, 5.41) is 9.51. The van der Waals surface area contributed by atoms with Crippen molar-refractivity contribution in [2.24, 2.45) is 15.1 Å². The molecule has 0 bridgehead atoms. The highest BCUT2D eigenvalue weighted by molar-refractivity contribution is 9.10. The van der Waals surface area contributed by atoms with E-state index < -0.39 is 53.0 Å². The van der Waals surface area contributed by atoms with E-state index >= 15 is 4.39 Å². The summed E-state index contributed by atoms with van der Waals surface area (Å²) in [4.78, 5) is 8.87. The number of nitrogens with zero attached hydrogens (tertiary/aromatic N) is 3. The maximum atomic E-state index is 16.1. The minimum absolute atomic E-state index is 0.0191. The van der Waals surface area contributed by atoms with Crippen molar-refractivity contribution < 1.29 is 22.5 Å². The van der Waals surface area contributed by atoms with Gasteiger partial charge in [-0.15, -0.1) is 0 Å². The number of hydrogen-bond donors (Lipinski definition) is 2. The highest BCUT2D eigenvalue weighted by atomic mass is 79.9. The molecule has 2 heterocycles. The molecular weight excluding hydrogens is 537 g/mol. The van der Waals surface area contributed by atoms with E-state index in [1.165, 1.54) is 13.8 Å². The average Bonchev–Trinajstić information content (AvgIpc) is 2.75. The van der Waals surface area contributed by atoms with Gasteiger partial charge in [0.2, 0.25) is 0 Å². The standard InChI is InChI=1S/C21H34BrF3N4O2SSi/c1-7-33(8-2,9-3)14-10-15(22)28-17(16(14)23)20(6)13-32(31,19(4,5)18(26)29-20)27-11-21(24,25)12-30/h10,30H,7-9,11-13H2,1-6H3,(H2,26,29)/t20-,32+/m0/s1. The summed E-state index contributed by atoms with van der Waals surface area (Å²) in [5.74, 6) is -4.42. The van der Waals surface area contributed by atoms with Crippen molar-refractivity contribution in [2.75, 3.05) is 18.9 Å². The predicted molar refractivity (Wildman–Crippen MR) is 134 cm³/mol. The van der Waals surface area contributed by atoms with Crippen LogP contribution in [0.25, 0.3) is 0 Å². The normalized spacial score (nSPS) is 25.6.